The van der Waals surface area contributed by atoms with Gasteiger partial charge in [-0.25, -0.2) is 0 Å². The number of carbonyl (C=O) groups excluding carboxylic acids is 1. The molecular formula is C12H12N4O4. The highest BCUT2D eigenvalue weighted by Crippen LogP contribution is 2.29. The zero-order chi connectivity index (χ0) is 14.7. The Labute approximate surface area is 113 Å². The topological polar surface area (TPSA) is 110 Å². The fourth-order valence-electron chi connectivity index (χ4n) is 1.72. The second kappa shape index (κ2) is 5.39. The lowest BCUT2D eigenvalue weighted by molar-refractivity contribution is -0.385. The number of aryl methyl sites for hydroxylation is 1. The first-order valence-corrected chi connectivity index (χ1v) is 5.67. The number of carbonyl (C=O) groups is 1. The third kappa shape index (κ3) is 2.44. The summed E-state index contributed by atoms with van der Waals surface area (Å²) in [6.45, 7) is 1.75. The molecule has 20 heavy (non-hydrogen) atoms. The van der Waals surface area contributed by atoms with Crippen LogP contribution in [-0.4, -0.2) is 28.1 Å². The van der Waals surface area contributed by atoms with Crippen molar-refractivity contribution >= 4 is 17.4 Å². The van der Waals surface area contributed by atoms with Gasteiger partial charge in [-0.2, -0.15) is 5.10 Å². The summed E-state index contributed by atoms with van der Waals surface area (Å²) in [7, 11) is 1.34. The summed E-state index contributed by atoms with van der Waals surface area (Å²) in [4.78, 5) is 22.6. The Morgan fingerprint density at radius 2 is 2.25 bits per heavy atom. The van der Waals surface area contributed by atoms with Gasteiger partial charge >= 0.3 is 0 Å². The molecule has 1 aromatic heterocycles. The van der Waals surface area contributed by atoms with E-state index in [4.69, 9.17) is 4.74 Å². The number of methoxy groups -OCH3 is 1. The molecule has 1 heterocycles. The molecule has 0 spiro atoms. The lowest BCUT2D eigenvalue weighted by Crippen LogP contribution is -2.16. The number of ether oxygens (including phenoxy) is 1. The largest absolute Gasteiger partial charge is 0.496 e. The number of amides is 1. The molecule has 1 amide bonds. The van der Waals surface area contributed by atoms with Crippen LogP contribution in [0.3, 0.4) is 0 Å². The summed E-state index contributed by atoms with van der Waals surface area (Å²) < 4.78 is 5.02. The molecule has 8 nitrogen and oxygen atoms in total. The number of benzene rings is 1. The normalized spacial score (nSPS) is 10.1. The maximum Gasteiger partial charge on any atom is 0.285 e. The second-order valence-corrected chi connectivity index (χ2v) is 3.99. The smallest absolute Gasteiger partial charge is 0.285 e. The van der Waals surface area contributed by atoms with Crippen LogP contribution in [0.5, 0.6) is 5.75 Å². The van der Waals surface area contributed by atoms with Crippen molar-refractivity contribution in [3.8, 4) is 5.75 Å². The first kappa shape index (κ1) is 13.5. The number of hydrogen-bond donors (Lipinski definition) is 2. The molecule has 0 aliphatic heterocycles. The molecule has 0 bridgehead atoms. The third-order valence-electron chi connectivity index (χ3n) is 2.72. The van der Waals surface area contributed by atoms with Gasteiger partial charge in [0.2, 0.25) is 0 Å². The molecule has 0 atom stereocenters. The standard InChI is InChI=1S/C12H12N4O4/c1-7-6-13-15-11(7)14-12(17)10-8(16(18)19)4-3-5-9(10)20-2/h3-6H,1-2H3,(H2,13,14,15,17). The summed E-state index contributed by atoms with van der Waals surface area (Å²) in [5.74, 6) is -0.120. The van der Waals surface area contributed by atoms with Crippen molar-refractivity contribution in [3.05, 3.63) is 45.6 Å². The number of rotatable bonds is 4. The number of hydrogen-bond acceptors (Lipinski definition) is 5. The molecule has 0 saturated heterocycles. The highest BCUT2D eigenvalue weighted by atomic mass is 16.6. The van der Waals surface area contributed by atoms with Crippen LogP contribution in [0, 0.1) is 17.0 Å². The van der Waals surface area contributed by atoms with E-state index in [-0.39, 0.29) is 17.0 Å². The molecule has 0 fully saturated rings. The predicted octanol–water partition coefficient (Wildman–Crippen LogP) is 1.89. The quantitative estimate of drug-likeness (QED) is 0.654. The van der Waals surface area contributed by atoms with E-state index >= 15 is 0 Å². The number of H-pyrrole nitrogens is 1. The molecule has 1 aromatic carbocycles. The van der Waals surface area contributed by atoms with Crippen LogP contribution in [0.25, 0.3) is 0 Å². The summed E-state index contributed by atoms with van der Waals surface area (Å²) in [6.07, 6.45) is 1.53. The van der Waals surface area contributed by atoms with Gasteiger partial charge in [0.15, 0.2) is 5.56 Å². The van der Waals surface area contributed by atoms with Crippen molar-refractivity contribution in [1.29, 1.82) is 0 Å². The average molecular weight is 276 g/mol. The van der Waals surface area contributed by atoms with E-state index in [1.54, 1.807) is 6.92 Å². The molecular weight excluding hydrogens is 264 g/mol. The van der Waals surface area contributed by atoms with Gasteiger partial charge in [-0.05, 0) is 13.0 Å². The number of anilines is 1. The summed E-state index contributed by atoms with van der Waals surface area (Å²) in [6, 6.07) is 4.19. The van der Waals surface area contributed by atoms with Crippen LogP contribution in [0.4, 0.5) is 11.5 Å². The van der Waals surface area contributed by atoms with Gasteiger partial charge in [0.25, 0.3) is 11.6 Å². The van der Waals surface area contributed by atoms with Gasteiger partial charge in [-0.15, -0.1) is 0 Å². The maximum absolute atomic E-state index is 12.2. The highest BCUT2D eigenvalue weighted by molar-refractivity contribution is 6.08. The van der Waals surface area contributed by atoms with Crippen LogP contribution in [-0.2, 0) is 0 Å². The van der Waals surface area contributed by atoms with E-state index in [0.717, 1.165) is 5.56 Å². The minimum absolute atomic E-state index is 0.131. The highest BCUT2D eigenvalue weighted by Gasteiger charge is 2.25. The molecule has 2 aromatic rings. The van der Waals surface area contributed by atoms with E-state index < -0.39 is 10.8 Å². The lowest BCUT2D eigenvalue weighted by Gasteiger charge is -2.09. The minimum atomic E-state index is -0.637. The van der Waals surface area contributed by atoms with Crippen LogP contribution in [0.1, 0.15) is 15.9 Å². The molecule has 2 N–H and O–H groups in total. The molecule has 0 aliphatic rings. The Morgan fingerprint density at radius 1 is 1.50 bits per heavy atom. The van der Waals surface area contributed by atoms with Gasteiger partial charge < -0.3 is 10.1 Å². The number of aromatic amines is 1. The van der Waals surface area contributed by atoms with E-state index in [0.29, 0.717) is 5.82 Å². The number of nitrogens with zero attached hydrogens (tertiary/aromatic N) is 2. The molecule has 0 aliphatic carbocycles. The van der Waals surface area contributed by atoms with Crippen molar-refractivity contribution in [2.24, 2.45) is 0 Å². The van der Waals surface area contributed by atoms with Gasteiger partial charge in [-0.3, -0.25) is 20.0 Å². The maximum atomic E-state index is 12.2. The van der Waals surface area contributed by atoms with E-state index in [9.17, 15) is 14.9 Å². The molecule has 104 valence electrons. The first-order valence-electron chi connectivity index (χ1n) is 5.67. The summed E-state index contributed by atoms with van der Waals surface area (Å²) >= 11 is 0. The van der Waals surface area contributed by atoms with Crippen molar-refractivity contribution in [3.63, 3.8) is 0 Å². The fourth-order valence-corrected chi connectivity index (χ4v) is 1.72. The van der Waals surface area contributed by atoms with Crippen LogP contribution in [0.2, 0.25) is 0 Å². The van der Waals surface area contributed by atoms with Crippen LogP contribution >= 0.6 is 0 Å². The second-order valence-electron chi connectivity index (χ2n) is 3.99. The van der Waals surface area contributed by atoms with Crippen LogP contribution in [0.15, 0.2) is 24.4 Å². The number of nitro benzene ring substituents is 1. The van der Waals surface area contributed by atoms with Gasteiger partial charge in [0.05, 0.1) is 18.2 Å². The Hall–Kier alpha value is -2.90. The molecule has 2 rings (SSSR count). The van der Waals surface area contributed by atoms with Gasteiger partial charge in [-0.1, -0.05) is 6.07 Å². The lowest BCUT2D eigenvalue weighted by atomic mass is 10.1. The summed E-state index contributed by atoms with van der Waals surface area (Å²) in [5, 5.41) is 19.9. The number of aromatic nitrogens is 2. The Morgan fingerprint density at radius 3 is 2.80 bits per heavy atom. The van der Waals surface area contributed by atoms with Gasteiger partial charge in [0, 0.05) is 11.6 Å². The van der Waals surface area contributed by atoms with Crippen molar-refractivity contribution in [1.82, 2.24) is 10.2 Å². The Kier molecular flexibility index (Phi) is 3.65. The molecule has 0 unspecified atom stereocenters. The van der Waals surface area contributed by atoms with Crippen molar-refractivity contribution < 1.29 is 14.5 Å². The zero-order valence-corrected chi connectivity index (χ0v) is 10.8. The third-order valence-corrected chi connectivity index (χ3v) is 2.72. The molecule has 8 heteroatoms. The Bertz CT molecular complexity index is 665. The number of nitrogens with one attached hydrogen (secondary N) is 2. The summed E-state index contributed by atoms with van der Waals surface area (Å²) in [5.41, 5.74) is 0.268. The predicted molar refractivity (Wildman–Crippen MR) is 70.9 cm³/mol. The average Bonchev–Trinajstić information content (AvgIpc) is 2.83. The van der Waals surface area contributed by atoms with E-state index in [2.05, 4.69) is 15.5 Å². The molecule has 0 saturated carbocycles. The van der Waals surface area contributed by atoms with E-state index in [1.165, 1.54) is 31.5 Å². The van der Waals surface area contributed by atoms with Gasteiger partial charge in [0.1, 0.15) is 11.6 Å². The number of nitro groups is 1. The molecule has 0 radical (unpaired) electrons. The minimum Gasteiger partial charge on any atom is -0.496 e. The van der Waals surface area contributed by atoms with Crippen LogP contribution < -0.4 is 10.1 Å². The Balaban J connectivity index is 2.43. The SMILES string of the molecule is COc1cccc([N+](=O)[O-])c1C(=O)Nc1[nH]ncc1C. The first-order chi connectivity index (χ1) is 9.54. The zero-order valence-electron chi connectivity index (χ0n) is 10.8. The van der Waals surface area contributed by atoms with E-state index in [1.807, 2.05) is 0 Å². The van der Waals surface area contributed by atoms with Crippen molar-refractivity contribution in [2.45, 2.75) is 6.92 Å². The van der Waals surface area contributed by atoms with Crippen molar-refractivity contribution in [2.75, 3.05) is 12.4 Å². The fraction of sp³-hybridized carbons (Fsp3) is 0.167. The monoisotopic (exact) mass is 276 g/mol.